The molecule has 6 rings (SSSR count). The number of amides is 3. The van der Waals surface area contributed by atoms with Gasteiger partial charge >= 0.3 is 0 Å². The fourth-order valence-electron chi connectivity index (χ4n) is 6.92. The first kappa shape index (κ1) is 23.7. The average Bonchev–Trinajstić information content (AvgIpc) is 3.45. The highest BCUT2D eigenvalue weighted by molar-refractivity contribution is 6.03. The lowest BCUT2D eigenvalue weighted by Gasteiger charge is -2.36. The highest BCUT2D eigenvalue weighted by Crippen LogP contribution is 2.57. The maximum absolute atomic E-state index is 13.9. The molecule has 3 amide bonds. The maximum atomic E-state index is 13.9. The van der Waals surface area contributed by atoms with Crippen molar-refractivity contribution >= 4 is 23.4 Å². The molecule has 0 aromatic heterocycles. The predicted octanol–water partition coefficient (Wildman–Crippen LogP) is 3.76. The minimum atomic E-state index is -1.07. The van der Waals surface area contributed by atoms with E-state index in [9.17, 15) is 14.4 Å². The zero-order chi connectivity index (χ0) is 25.2. The summed E-state index contributed by atoms with van der Waals surface area (Å²) in [6.07, 6.45) is 9.45. The Morgan fingerprint density at radius 1 is 1.06 bits per heavy atom. The monoisotopic (exact) mass is 491 g/mol. The van der Waals surface area contributed by atoms with Gasteiger partial charge in [-0.3, -0.25) is 14.4 Å². The Bertz CT molecular complexity index is 1090. The number of anilines is 1. The summed E-state index contributed by atoms with van der Waals surface area (Å²) >= 11 is 0. The van der Waals surface area contributed by atoms with Crippen LogP contribution < -0.4 is 10.6 Å². The van der Waals surface area contributed by atoms with Crippen molar-refractivity contribution in [3.8, 4) is 0 Å². The summed E-state index contributed by atoms with van der Waals surface area (Å²) in [5, 5.41) is 6.30. The molecule has 2 saturated heterocycles. The second-order valence-corrected chi connectivity index (χ2v) is 11.8. The van der Waals surface area contributed by atoms with Gasteiger partial charge in [0.1, 0.15) is 11.6 Å². The van der Waals surface area contributed by atoms with Crippen LogP contribution >= 0.6 is 0 Å². The minimum absolute atomic E-state index is 0.0559. The molecule has 5 aliphatic rings. The molecule has 1 spiro atoms. The lowest BCUT2D eigenvalue weighted by Crippen LogP contribution is -2.57. The molecule has 3 heterocycles. The number of hydrogen-bond donors (Lipinski definition) is 2. The molecule has 7 heteroatoms. The first-order valence-corrected chi connectivity index (χ1v) is 13.7. The van der Waals surface area contributed by atoms with Gasteiger partial charge < -0.3 is 20.3 Å². The van der Waals surface area contributed by atoms with E-state index in [4.69, 9.17) is 4.74 Å². The second-order valence-electron chi connectivity index (χ2n) is 11.8. The van der Waals surface area contributed by atoms with E-state index < -0.39 is 29.6 Å². The Kier molecular flexibility index (Phi) is 5.74. The Morgan fingerprint density at radius 2 is 1.78 bits per heavy atom. The number of fused-ring (bicyclic) bond motifs is 1. The highest BCUT2D eigenvalue weighted by Gasteiger charge is 2.74. The smallest absolute Gasteiger partial charge is 0.246 e. The van der Waals surface area contributed by atoms with Gasteiger partial charge in [0.2, 0.25) is 17.7 Å². The van der Waals surface area contributed by atoms with Crippen molar-refractivity contribution in [2.24, 2.45) is 17.8 Å². The number of carbonyl (C=O) groups excluding carboxylic acids is 3. The van der Waals surface area contributed by atoms with Crippen molar-refractivity contribution in [1.82, 2.24) is 10.2 Å². The number of likely N-dealkylation sites (tertiary alicyclic amines) is 1. The molecule has 4 fully saturated rings. The SMILES string of the molecule is CC(C)c1ccc(NC(=O)C2C3C=CC4(O3)C2C(=O)N(C2CC2)C4C(=O)NC2CCCCC2C)cc1. The van der Waals surface area contributed by atoms with Crippen LogP contribution in [-0.4, -0.2) is 52.5 Å². The van der Waals surface area contributed by atoms with Crippen LogP contribution in [0.1, 0.15) is 70.8 Å². The van der Waals surface area contributed by atoms with Crippen molar-refractivity contribution < 1.29 is 19.1 Å². The molecule has 2 aliphatic carbocycles. The lowest BCUT2D eigenvalue weighted by atomic mass is 9.74. The van der Waals surface area contributed by atoms with Crippen LogP contribution in [0.3, 0.4) is 0 Å². The number of hydrogen-bond acceptors (Lipinski definition) is 4. The standard InChI is InChI=1S/C29H37N3O4/c1-16(2)18-8-10-19(11-9-18)30-26(33)23-22-14-15-29(36-22)24(23)28(35)32(20-12-13-20)25(29)27(34)31-21-7-5-4-6-17(21)3/h8-11,14-17,20-25H,4-7,12-13H2,1-3H3,(H,30,33)(H,31,34). The molecule has 36 heavy (non-hydrogen) atoms. The molecule has 7 nitrogen and oxygen atoms in total. The molecule has 3 aliphatic heterocycles. The molecular formula is C29H37N3O4. The van der Waals surface area contributed by atoms with E-state index in [1.54, 1.807) is 4.90 Å². The van der Waals surface area contributed by atoms with E-state index in [0.717, 1.165) is 32.1 Å². The number of nitrogens with one attached hydrogen (secondary N) is 2. The van der Waals surface area contributed by atoms with E-state index in [1.165, 1.54) is 12.0 Å². The summed E-state index contributed by atoms with van der Waals surface area (Å²) < 4.78 is 6.44. The molecule has 0 radical (unpaired) electrons. The molecule has 7 atom stereocenters. The van der Waals surface area contributed by atoms with E-state index in [1.807, 2.05) is 36.4 Å². The quantitative estimate of drug-likeness (QED) is 0.594. The summed E-state index contributed by atoms with van der Waals surface area (Å²) in [6.45, 7) is 6.45. The molecule has 7 unspecified atom stereocenters. The Morgan fingerprint density at radius 3 is 2.44 bits per heavy atom. The van der Waals surface area contributed by atoms with Crippen molar-refractivity contribution in [2.75, 3.05) is 5.32 Å². The Hall–Kier alpha value is -2.67. The van der Waals surface area contributed by atoms with Crippen LogP contribution in [0.4, 0.5) is 5.69 Å². The minimum Gasteiger partial charge on any atom is -0.359 e. The number of carbonyl (C=O) groups is 3. The zero-order valence-electron chi connectivity index (χ0n) is 21.4. The zero-order valence-corrected chi connectivity index (χ0v) is 21.4. The van der Waals surface area contributed by atoms with Crippen molar-refractivity contribution in [3.63, 3.8) is 0 Å². The molecule has 1 aromatic carbocycles. The molecule has 2 saturated carbocycles. The van der Waals surface area contributed by atoms with Crippen LogP contribution in [-0.2, 0) is 19.1 Å². The van der Waals surface area contributed by atoms with Crippen molar-refractivity contribution in [1.29, 1.82) is 0 Å². The highest BCUT2D eigenvalue weighted by atomic mass is 16.5. The topological polar surface area (TPSA) is 87.7 Å². The average molecular weight is 492 g/mol. The largest absolute Gasteiger partial charge is 0.359 e. The number of benzene rings is 1. The van der Waals surface area contributed by atoms with Gasteiger partial charge in [0, 0.05) is 17.8 Å². The number of rotatable bonds is 6. The third-order valence-electron chi connectivity index (χ3n) is 9.09. The van der Waals surface area contributed by atoms with E-state index in [0.29, 0.717) is 17.5 Å². The second kappa shape index (κ2) is 8.72. The van der Waals surface area contributed by atoms with Gasteiger partial charge in [-0.05, 0) is 55.2 Å². The lowest BCUT2D eigenvalue weighted by molar-refractivity contribution is -0.142. The fourth-order valence-corrected chi connectivity index (χ4v) is 6.92. The summed E-state index contributed by atoms with van der Waals surface area (Å²) in [5.74, 6) is -0.979. The normalized spacial score (nSPS) is 36.9. The van der Waals surface area contributed by atoms with Gasteiger partial charge in [-0.15, -0.1) is 0 Å². The third-order valence-corrected chi connectivity index (χ3v) is 9.09. The van der Waals surface area contributed by atoms with Gasteiger partial charge in [0.25, 0.3) is 0 Å². The van der Waals surface area contributed by atoms with Gasteiger partial charge in [-0.1, -0.05) is 57.9 Å². The van der Waals surface area contributed by atoms with Crippen LogP contribution in [0, 0.1) is 17.8 Å². The number of ether oxygens (including phenoxy) is 1. The Labute approximate surface area is 213 Å². The van der Waals surface area contributed by atoms with E-state index in [-0.39, 0.29) is 29.8 Å². The first-order chi connectivity index (χ1) is 17.3. The maximum Gasteiger partial charge on any atom is 0.246 e. The third kappa shape index (κ3) is 3.69. The summed E-state index contributed by atoms with van der Waals surface area (Å²) in [6, 6.07) is 7.29. The first-order valence-electron chi connectivity index (χ1n) is 13.7. The molecule has 2 N–H and O–H groups in total. The van der Waals surface area contributed by atoms with Gasteiger partial charge in [0.05, 0.1) is 17.9 Å². The summed E-state index contributed by atoms with van der Waals surface area (Å²) in [7, 11) is 0. The predicted molar refractivity (Wildman–Crippen MR) is 136 cm³/mol. The van der Waals surface area contributed by atoms with Crippen molar-refractivity contribution in [2.45, 2.75) is 95.0 Å². The summed E-state index contributed by atoms with van der Waals surface area (Å²) in [5.41, 5.74) is 0.830. The summed E-state index contributed by atoms with van der Waals surface area (Å²) in [4.78, 5) is 43.0. The van der Waals surface area contributed by atoms with E-state index >= 15 is 0 Å². The van der Waals surface area contributed by atoms with E-state index in [2.05, 4.69) is 31.4 Å². The van der Waals surface area contributed by atoms with Crippen LogP contribution in [0.5, 0.6) is 0 Å². The number of nitrogens with zero attached hydrogens (tertiary/aromatic N) is 1. The molecule has 1 aromatic rings. The molecular weight excluding hydrogens is 454 g/mol. The van der Waals surface area contributed by atoms with Crippen LogP contribution in [0.25, 0.3) is 0 Å². The van der Waals surface area contributed by atoms with Gasteiger partial charge in [-0.25, -0.2) is 0 Å². The molecule has 192 valence electrons. The molecule has 2 bridgehead atoms. The van der Waals surface area contributed by atoms with Crippen LogP contribution in [0.15, 0.2) is 36.4 Å². The Balaban J connectivity index is 1.26. The fraction of sp³-hybridized carbons (Fsp3) is 0.621. The van der Waals surface area contributed by atoms with Gasteiger partial charge in [-0.2, -0.15) is 0 Å². The van der Waals surface area contributed by atoms with Gasteiger partial charge in [0.15, 0.2) is 0 Å². The van der Waals surface area contributed by atoms with Crippen LogP contribution in [0.2, 0.25) is 0 Å². The van der Waals surface area contributed by atoms with Crippen molar-refractivity contribution in [3.05, 3.63) is 42.0 Å².